The largest absolute Gasteiger partial charge is 0.490 e. The lowest BCUT2D eigenvalue weighted by Gasteiger charge is -2.16. The van der Waals surface area contributed by atoms with Crippen LogP contribution in [0.2, 0.25) is 0 Å². The Balaban J connectivity index is 1.78. The molecule has 0 atom stereocenters. The van der Waals surface area contributed by atoms with E-state index >= 15 is 0 Å². The fourth-order valence-corrected chi connectivity index (χ4v) is 3.24. The molecule has 7 nitrogen and oxygen atoms in total. The molecular formula is C22H22BrNO6. The predicted molar refractivity (Wildman–Crippen MR) is 115 cm³/mol. The molecule has 158 valence electrons. The Kier molecular flexibility index (Phi) is 6.99. The number of ether oxygens (including phenoxy) is 4. The third kappa shape index (κ3) is 5.13. The van der Waals surface area contributed by atoms with Gasteiger partial charge in [-0.25, -0.2) is 0 Å². The van der Waals surface area contributed by atoms with Crippen molar-refractivity contribution < 1.29 is 28.5 Å². The van der Waals surface area contributed by atoms with Gasteiger partial charge < -0.3 is 23.8 Å². The van der Waals surface area contributed by atoms with Gasteiger partial charge in [-0.2, -0.15) is 0 Å². The zero-order valence-electron chi connectivity index (χ0n) is 16.9. The van der Waals surface area contributed by atoms with Crippen LogP contribution in [0.3, 0.4) is 0 Å². The molecule has 1 aliphatic rings. The lowest BCUT2D eigenvalue weighted by atomic mass is 10.1. The van der Waals surface area contributed by atoms with E-state index in [4.69, 9.17) is 18.9 Å². The van der Waals surface area contributed by atoms with Crippen molar-refractivity contribution in [3.8, 4) is 23.0 Å². The van der Waals surface area contributed by atoms with E-state index in [1.165, 1.54) is 11.0 Å². The molecular weight excluding hydrogens is 454 g/mol. The zero-order valence-corrected chi connectivity index (χ0v) is 18.5. The first-order valence-electron chi connectivity index (χ1n) is 9.30. The van der Waals surface area contributed by atoms with E-state index in [1.807, 2.05) is 6.92 Å². The third-order valence-electron chi connectivity index (χ3n) is 4.25. The number of carbonyl (C=O) groups is 2. The quantitative estimate of drug-likeness (QED) is 0.425. The Hall–Kier alpha value is -3.00. The summed E-state index contributed by atoms with van der Waals surface area (Å²) in [6.07, 6.45) is 3.17. The fourth-order valence-electron chi connectivity index (χ4n) is 2.67. The Bertz CT molecular complexity index is 986. The van der Waals surface area contributed by atoms with Gasteiger partial charge in [0.2, 0.25) is 6.79 Å². The molecule has 0 N–H and O–H groups in total. The summed E-state index contributed by atoms with van der Waals surface area (Å²) in [5.74, 6) is 1.77. The van der Waals surface area contributed by atoms with Gasteiger partial charge in [0, 0.05) is 19.7 Å². The van der Waals surface area contributed by atoms with Crippen LogP contribution in [0.15, 0.2) is 40.9 Å². The second-order valence-electron chi connectivity index (χ2n) is 6.61. The normalized spacial score (nSPS) is 12.1. The average Bonchev–Trinajstić information content (AvgIpc) is 3.19. The second-order valence-corrected chi connectivity index (χ2v) is 7.46. The Morgan fingerprint density at radius 3 is 2.63 bits per heavy atom. The average molecular weight is 476 g/mol. The van der Waals surface area contributed by atoms with Crippen molar-refractivity contribution in [3.63, 3.8) is 0 Å². The number of hydrogen-bond acceptors (Lipinski definition) is 6. The van der Waals surface area contributed by atoms with E-state index in [1.54, 1.807) is 50.5 Å². The number of likely N-dealkylation sites (N-methyl/N-ethyl adjacent to an activating group) is 1. The van der Waals surface area contributed by atoms with Gasteiger partial charge in [-0.3, -0.25) is 9.59 Å². The number of ketones is 1. The SMILES string of the molecule is CCOc1cc(C=CC(=O)c2ccc3c(c2)OCO3)cc(Br)c1OCC(=O)N(C)C. The first kappa shape index (κ1) is 21.7. The van der Waals surface area contributed by atoms with E-state index in [0.717, 1.165) is 5.56 Å². The van der Waals surface area contributed by atoms with Gasteiger partial charge in [0.15, 0.2) is 35.4 Å². The van der Waals surface area contributed by atoms with Crippen LogP contribution in [0.5, 0.6) is 23.0 Å². The van der Waals surface area contributed by atoms with Crippen LogP contribution >= 0.6 is 15.9 Å². The first-order chi connectivity index (χ1) is 14.4. The van der Waals surface area contributed by atoms with Crippen LogP contribution in [-0.4, -0.2) is 50.7 Å². The topological polar surface area (TPSA) is 74.3 Å². The summed E-state index contributed by atoms with van der Waals surface area (Å²) in [5.41, 5.74) is 1.24. The molecule has 0 bridgehead atoms. The highest BCUT2D eigenvalue weighted by Gasteiger charge is 2.16. The van der Waals surface area contributed by atoms with Crippen LogP contribution < -0.4 is 18.9 Å². The molecule has 0 fully saturated rings. The molecule has 0 spiro atoms. The molecule has 1 amide bonds. The zero-order chi connectivity index (χ0) is 21.7. The van der Waals surface area contributed by atoms with Gasteiger partial charge in [-0.05, 0) is 64.8 Å². The van der Waals surface area contributed by atoms with E-state index in [9.17, 15) is 9.59 Å². The van der Waals surface area contributed by atoms with E-state index in [2.05, 4.69) is 15.9 Å². The Morgan fingerprint density at radius 2 is 1.90 bits per heavy atom. The fraction of sp³-hybridized carbons (Fsp3) is 0.273. The maximum Gasteiger partial charge on any atom is 0.259 e. The molecule has 8 heteroatoms. The number of carbonyl (C=O) groups excluding carboxylic acids is 2. The number of rotatable bonds is 8. The van der Waals surface area contributed by atoms with Gasteiger partial charge in [-0.1, -0.05) is 6.08 Å². The summed E-state index contributed by atoms with van der Waals surface area (Å²) >= 11 is 3.46. The number of halogens is 1. The summed E-state index contributed by atoms with van der Waals surface area (Å²) in [5, 5.41) is 0. The molecule has 3 rings (SSSR count). The van der Waals surface area contributed by atoms with Crippen molar-refractivity contribution in [2.75, 3.05) is 34.1 Å². The summed E-state index contributed by atoms with van der Waals surface area (Å²) in [6.45, 7) is 2.33. The Morgan fingerprint density at radius 1 is 1.13 bits per heavy atom. The molecule has 30 heavy (non-hydrogen) atoms. The minimum Gasteiger partial charge on any atom is -0.490 e. The number of amides is 1. The monoisotopic (exact) mass is 475 g/mol. The number of nitrogens with zero attached hydrogens (tertiary/aromatic N) is 1. The molecule has 0 aliphatic carbocycles. The maximum atomic E-state index is 12.5. The van der Waals surface area contributed by atoms with E-state index in [0.29, 0.717) is 39.6 Å². The number of allylic oxidation sites excluding steroid dienone is 1. The highest BCUT2D eigenvalue weighted by Crippen LogP contribution is 2.37. The predicted octanol–water partition coefficient (Wildman–Crippen LogP) is 3.94. The number of fused-ring (bicyclic) bond motifs is 1. The summed E-state index contributed by atoms with van der Waals surface area (Å²) < 4.78 is 22.5. The highest BCUT2D eigenvalue weighted by atomic mass is 79.9. The highest BCUT2D eigenvalue weighted by molar-refractivity contribution is 9.10. The Labute approximate surface area is 183 Å². The minimum absolute atomic E-state index is 0.108. The van der Waals surface area contributed by atoms with Crippen LogP contribution in [0, 0.1) is 0 Å². The van der Waals surface area contributed by atoms with Crippen molar-refractivity contribution in [2.24, 2.45) is 0 Å². The molecule has 0 saturated heterocycles. The molecule has 2 aromatic rings. The van der Waals surface area contributed by atoms with Gasteiger partial charge in [-0.15, -0.1) is 0 Å². The third-order valence-corrected chi connectivity index (χ3v) is 4.84. The van der Waals surface area contributed by atoms with Crippen molar-refractivity contribution in [1.29, 1.82) is 0 Å². The van der Waals surface area contributed by atoms with Gasteiger partial charge >= 0.3 is 0 Å². The second kappa shape index (κ2) is 9.67. The summed E-state index contributed by atoms with van der Waals surface area (Å²) in [4.78, 5) is 25.8. The number of hydrogen-bond donors (Lipinski definition) is 0. The molecule has 0 radical (unpaired) electrons. The molecule has 0 saturated carbocycles. The standard InChI is InChI=1S/C22H22BrNO6/c1-4-27-20-10-14(9-16(23)22(20)28-12-21(26)24(2)3)5-7-17(25)15-6-8-18-19(11-15)30-13-29-18/h5-11H,4,12-13H2,1-3H3. The van der Waals surface area contributed by atoms with E-state index < -0.39 is 0 Å². The summed E-state index contributed by atoms with van der Waals surface area (Å²) in [6, 6.07) is 8.62. The van der Waals surface area contributed by atoms with Gasteiger partial charge in [0.25, 0.3) is 5.91 Å². The van der Waals surface area contributed by atoms with Crippen LogP contribution in [0.4, 0.5) is 0 Å². The van der Waals surface area contributed by atoms with Crippen LogP contribution in [-0.2, 0) is 4.79 Å². The van der Waals surface area contributed by atoms with E-state index in [-0.39, 0.29) is 25.1 Å². The van der Waals surface area contributed by atoms with Crippen LogP contribution in [0.25, 0.3) is 6.08 Å². The lowest BCUT2D eigenvalue weighted by Crippen LogP contribution is -2.27. The molecule has 0 unspecified atom stereocenters. The van der Waals surface area contributed by atoms with Crippen molar-refractivity contribution >= 4 is 33.7 Å². The molecule has 1 aliphatic heterocycles. The molecule has 1 heterocycles. The van der Waals surface area contributed by atoms with Crippen molar-refractivity contribution in [3.05, 3.63) is 52.0 Å². The molecule has 0 aromatic heterocycles. The minimum atomic E-state index is -0.167. The smallest absolute Gasteiger partial charge is 0.259 e. The molecule has 2 aromatic carbocycles. The van der Waals surface area contributed by atoms with Crippen molar-refractivity contribution in [1.82, 2.24) is 4.90 Å². The first-order valence-corrected chi connectivity index (χ1v) is 10.1. The maximum absolute atomic E-state index is 12.5. The van der Waals surface area contributed by atoms with Crippen molar-refractivity contribution in [2.45, 2.75) is 6.92 Å². The summed E-state index contributed by atoms with van der Waals surface area (Å²) in [7, 11) is 3.32. The number of benzene rings is 2. The van der Waals surface area contributed by atoms with Gasteiger partial charge in [0.1, 0.15) is 0 Å². The lowest BCUT2D eigenvalue weighted by molar-refractivity contribution is -0.130. The van der Waals surface area contributed by atoms with Crippen LogP contribution in [0.1, 0.15) is 22.8 Å². The van der Waals surface area contributed by atoms with Gasteiger partial charge in [0.05, 0.1) is 11.1 Å².